The van der Waals surface area contributed by atoms with E-state index in [0.717, 1.165) is 6.54 Å². The van der Waals surface area contributed by atoms with Gasteiger partial charge in [0.1, 0.15) is 0 Å². The van der Waals surface area contributed by atoms with Gasteiger partial charge in [-0.2, -0.15) is 5.10 Å². The molecule has 0 amide bonds. The zero-order valence-corrected chi connectivity index (χ0v) is 11.3. The van der Waals surface area contributed by atoms with Gasteiger partial charge in [-0.3, -0.25) is 4.68 Å². The smallest absolute Gasteiger partial charge is 0.0644 e. The van der Waals surface area contributed by atoms with Crippen LogP contribution in [0.15, 0.2) is 0 Å². The molecule has 0 aliphatic rings. The highest BCUT2D eigenvalue weighted by Crippen LogP contribution is 2.25. The summed E-state index contributed by atoms with van der Waals surface area (Å²) in [5.41, 5.74) is 3.86. The van der Waals surface area contributed by atoms with Crippen molar-refractivity contribution in [1.82, 2.24) is 15.1 Å². The van der Waals surface area contributed by atoms with E-state index in [1.54, 1.807) is 0 Å². The highest BCUT2D eigenvalue weighted by atomic mass is 15.3. The molecule has 3 heteroatoms. The fourth-order valence-electron chi connectivity index (χ4n) is 2.30. The predicted octanol–water partition coefficient (Wildman–Crippen LogP) is 2.88. The first-order valence-corrected chi connectivity index (χ1v) is 6.35. The number of aryl methyl sites for hydroxylation is 2. The zero-order chi connectivity index (χ0) is 12.1. The molecule has 1 aromatic rings. The molecule has 92 valence electrons. The van der Waals surface area contributed by atoms with Crippen molar-refractivity contribution in [1.29, 1.82) is 0 Å². The SMILES string of the molecule is CCCCC(NCC)c1c(C)nn(C)c1C. The van der Waals surface area contributed by atoms with Crippen molar-refractivity contribution in [3.8, 4) is 0 Å². The average molecular weight is 223 g/mol. The summed E-state index contributed by atoms with van der Waals surface area (Å²) in [5.74, 6) is 0. The van der Waals surface area contributed by atoms with Gasteiger partial charge in [-0.25, -0.2) is 0 Å². The Kier molecular flexibility index (Phi) is 5.00. The maximum atomic E-state index is 4.50. The molecule has 16 heavy (non-hydrogen) atoms. The van der Waals surface area contributed by atoms with Gasteiger partial charge in [0, 0.05) is 24.3 Å². The third kappa shape index (κ3) is 2.85. The number of unbranched alkanes of at least 4 members (excludes halogenated alkanes) is 1. The Morgan fingerprint density at radius 3 is 2.44 bits per heavy atom. The van der Waals surface area contributed by atoms with Crippen LogP contribution in [0.5, 0.6) is 0 Å². The van der Waals surface area contributed by atoms with E-state index < -0.39 is 0 Å². The molecule has 0 aliphatic carbocycles. The molecule has 1 unspecified atom stereocenters. The minimum atomic E-state index is 0.471. The number of hydrogen-bond donors (Lipinski definition) is 1. The van der Waals surface area contributed by atoms with Crippen molar-refractivity contribution < 1.29 is 0 Å². The number of hydrogen-bond acceptors (Lipinski definition) is 2. The monoisotopic (exact) mass is 223 g/mol. The Balaban J connectivity index is 2.90. The van der Waals surface area contributed by atoms with Gasteiger partial charge < -0.3 is 5.32 Å². The van der Waals surface area contributed by atoms with E-state index in [1.165, 1.54) is 36.2 Å². The van der Waals surface area contributed by atoms with Crippen molar-refractivity contribution in [3.05, 3.63) is 17.0 Å². The zero-order valence-electron chi connectivity index (χ0n) is 11.3. The summed E-state index contributed by atoms with van der Waals surface area (Å²) < 4.78 is 1.99. The van der Waals surface area contributed by atoms with Crippen LogP contribution in [0.2, 0.25) is 0 Å². The fourth-order valence-corrected chi connectivity index (χ4v) is 2.30. The Morgan fingerprint density at radius 1 is 1.31 bits per heavy atom. The van der Waals surface area contributed by atoms with Gasteiger partial charge in [-0.1, -0.05) is 26.7 Å². The lowest BCUT2D eigenvalue weighted by molar-refractivity contribution is 0.490. The van der Waals surface area contributed by atoms with Crippen molar-refractivity contribution in [2.75, 3.05) is 6.54 Å². The van der Waals surface area contributed by atoms with Crippen molar-refractivity contribution in [2.45, 2.75) is 53.0 Å². The molecule has 0 saturated carbocycles. The summed E-state index contributed by atoms with van der Waals surface area (Å²) in [7, 11) is 2.02. The number of rotatable bonds is 6. The molecule has 0 aromatic carbocycles. The van der Waals surface area contributed by atoms with Gasteiger partial charge in [-0.15, -0.1) is 0 Å². The lowest BCUT2D eigenvalue weighted by Gasteiger charge is -2.18. The maximum absolute atomic E-state index is 4.50. The standard InChI is InChI=1S/C13H25N3/c1-6-8-9-12(14-7-2)13-10(3)15-16(5)11(13)4/h12,14H,6-9H2,1-5H3. The molecule has 0 saturated heterocycles. The van der Waals surface area contributed by atoms with Crippen LogP contribution in [0.1, 0.15) is 56.1 Å². The molecule has 0 spiro atoms. The molecule has 1 aromatic heterocycles. The first-order chi connectivity index (χ1) is 7.61. The van der Waals surface area contributed by atoms with E-state index >= 15 is 0 Å². The van der Waals surface area contributed by atoms with Gasteiger partial charge in [0.15, 0.2) is 0 Å². The predicted molar refractivity (Wildman–Crippen MR) is 68.6 cm³/mol. The summed E-state index contributed by atoms with van der Waals surface area (Å²) in [6, 6.07) is 0.471. The first-order valence-electron chi connectivity index (χ1n) is 6.35. The van der Waals surface area contributed by atoms with Crippen molar-refractivity contribution in [3.63, 3.8) is 0 Å². The maximum Gasteiger partial charge on any atom is 0.0644 e. The Labute approximate surface area is 99.2 Å². The van der Waals surface area contributed by atoms with Crippen LogP contribution in [-0.2, 0) is 7.05 Å². The largest absolute Gasteiger partial charge is 0.310 e. The summed E-state index contributed by atoms with van der Waals surface area (Å²) in [5, 5.41) is 8.07. The molecule has 1 rings (SSSR count). The molecule has 3 nitrogen and oxygen atoms in total. The van der Waals surface area contributed by atoms with Gasteiger partial charge in [0.2, 0.25) is 0 Å². The normalized spacial score (nSPS) is 13.1. The lowest BCUT2D eigenvalue weighted by Crippen LogP contribution is -2.22. The van der Waals surface area contributed by atoms with Crippen LogP contribution in [0.25, 0.3) is 0 Å². The molecule has 0 fully saturated rings. The lowest BCUT2D eigenvalue weighted by atomic mass is 9.99. The second-order valence-corrected chi connectivity index (χ2v) is 4.46. The highest BCUT2D eigenvalue weighted by Gasteiger charge is 2.18. The summed E-state index contributed by atoms with van der Waals surface area (Å²) in [6.45, 7) is 9.69. The quantitative estimate of drug-likeness (QED) is 0.803. The first kappa shape index (κ1) is 13.2. The molecule has 0 bridgehead atoms. The minimum Gasteiger partial charge on any atom is -0.310 e. The van der Waals surface area contributed by atoms with Gasteiger partial charge in [-0.05, 0) is 26.8 Å². The third-order valence-electron chi connectivity index (χ3n) is 3.21. The number of nitrogens with one attached hydrogen (secondary N) is 1. The van der Waals surface area contributed by atoms with Crippen molar-refractivity contribution >= 4 is 0 Å². The Bertz CT molecular complexity index is 328. The van der Waals surface area contributed by atoms with E-state index in [4.69, 9.17) is 0 Å². The molecule has 1 atom stereocenters. The third-order valence-corrected chi connectivity index (χ3v) is 3.21. The summed E-state index contributed by atoms with van der Waals surface area (Å²) >= 11 is 0. The summed E-state index contributed by atoms with van der Waals surface area (Å²) in [6.07, 6.45) is 3.73. The van der Waals surface area contributed by atoms with Crippen molar-refractivity contribution in [2.24, 2.45) is 7.05 Å². The molecule has 1 N–H and O–H groups in total. The highest BCUT2D eigenvalue weighted by molar-refractivity contribution is 5.28. The van der Waals surface area contributed by atoms with Crippen LogP contribution in [-0.4, -0.2) is 16.3 Å². The average Bonchev–Trinajstić information content (AvgIpc) is 2.49. The van der Waals surface area contributed by atoms with Crippen LogP contribution < -0.4 is 5.32 Å². The minimum absolute atomic E-state index is 0.471. The second kappa shape index (κ2) is 6.04. The van der Waals surface area contributed by atoms with E-state index in [9.17, 15) is 0 Å². The van der Waals surface area contributed by atoms with Crippen LogP contribution >= 0.6 is 0 Å². The fraction of sp³-hybridized carbons (Fsp3) is 0.769. The molecule has 0 radical (unpaired) electrons. The van der Waals surface area contributed by atoms with Gasteiger partial charge >= 0.3 is 0 Å². The molecular formula is C13H25N3. The van der Waals surface area contributed by atoms with E-state index in [-0.39, 0.29) is 0 Å². The molecule has 0 aliphatic heterocycles. The number of nitrogens with zero attached hydrogens (tertiary/aromatic N) is 2. The molecular weight excluding hydrogens is 198 g/mol. The Hall–Kier alpha value is -0.830. The van der Waals surface area contributed by atoms with Gasteiger partial charge in [0.25, 0.3) is 0 Å². The van der Waals surface area contributed by atoms with Gasteiger partial charge in [0.05, 0.1) is 5.69 Å². The summed E-state index contributed by atoms with van der Waals surface area (Å²) in [4.78, 5) is 0. The van der Waals surface area contributed by atoms with E-state index in [1.807, 2.05) is 11.7 Å². The van der Waals surface area contributed by atoms with Crippen LogP contribution in [0, 0.1) is 13.8 Å². The van der Waals surface area contributed by atoms with Crippen LogP contribution in [0.3, 0.4) is 0 Å². The number of aromatic nitrogens is 2. The Morgan fingerprint density at radius 2 is 2.00 bits per heavy atom. The topological polar surface area (TPSA) is 29.9 Å². The van der Waals surface area contributed by atoms with E-state index in [0.29, 0.717) is 6.04 Å². The second-order valence-electron chi connectivity index (χ2n) is 4.46. The van der Waals surface area contributed by atoms with Crippen LogP contribution in [0.4, 0.5) is 0 Å². The molecule has 1 heterocycles. The van der Waals surface area contributed by atoms with E-state index in [2.05, 4.69) is 38.1 Å².